The highest BCUT2D eigenvalue weighted by Crippen LogP contribution is 2.31. The molecule has 0 aliphatic rings. The molecule has 0 saturated carbocycles. The zero-order chi connectivity index (χ0) is 9.26. The third kappa shape index (κ3) is 1.48. The minimum Gasteiger partial charge on any atom is -0.476 e. The van der Waals surface area contributed by atoms with Gasteiger partial charge in [-0.2, -0.15) is 0 Å². The van der Waals surface area contributed by atoms with E-state index in [1.165, 1.54) is 22.7 Å². The van der Waals surface area contributed by atoms with Crippen LogP contribution in [0.5, 0.6) is 0 Å². The molecule has 0 bridgehead atoms. The lowest BCUT2D eigenvalue weighted by Gasteiger charge is -1.92. The van der Waals surface area contributed by atoms with E-state index in [0.717, 1.165) is 9.75 Å². The SMILES string of the molecule is O=C(O)c1ncsc1-c1cccs1. The predicted octanol–water partition coefficient (Wildman–Crippen LogP) is 2.57. The van der Waals surface area contributed by atoms with Gasteiger partial charge in [0.1, 0.15) is 0 Å². The second-order valence-corrected chi connectivity index (χ2v) is 4.12. The first-order valence-electron chi connectivity index (χ1n) is 3.49. The molecule has 2 heterocycles. The van der Waals surface area contributed by atoms with Crippen LogP contribution in [-0.2, 0) is 0 Å². The van der Waals surface area contributed by atoms with E-state index in [0.29, 0.717) is 0 Å². The predicted molar refractivity (Wildman–Crippen MR) is 52.4 cm³/mol. The second kappa shape index (κ2) is 3.27. The lowest BCUT2D eigenvalue weighted by Crippen LogP contribution is -1.97. The fourth-order valence-corrected chi connectivity index (χ4v) is 2.63. The summed E-state index contributed by atoms with van der Waals surface area (Å²) in [5.74, 6) is -0.968. The Morgan fingerprint density at radius 2 is 2.31 bits per heavy atom. The van der Waals surface area contributed by atoms with Crippen LogP contribution < -0.4 is 0 Å². The van der Waals surface area contributed by atoms with Crippen molar-refractivity contribution >= 4 is 28.6 Å². The fourth-order valence-electron chi connectivity index (χ4n) is 0.981. The molecule has 0 unspecified atom stereocenters. The molecule has 0 fully saturated rings. The number of carboxylic acids is 1. The Morgan fingerprint density at radius 1 is 1.46 bits per heavy atom. The number of carboxylic acid groups (broad SMARTS) is 1. The van der Waals surface area contributed by atoms with Crippen LogP contribution in [0.2, 0.25) is 0 Å². The minimum absolute atomic E-state index is 0.146. The molecule has 1 N–H and O–H groups in total. The summed E-state index contributed by atoms with van der Waals surface area (Å²) in [7, 11) is 0. The van der Waals surface area contributed by atoms with E-state index in [1.807, 2.05) is 17.5 Å². The maximum Gasteiger partial charge on any atom is 0.356 e. The van der Waals surface area contributed by atoms with E-state index in [9.17, 15) is 4.79 Å². The van der Waals surface area contributed by atoms with Crippen molar-refractivity contribution in [1.82, 2.24) is 4.98 Å². The molecule has 0 amide bonds. The van der Waals surface area contributed by atoms with Crippen molar-refractivity contribution < 1.29 is 9.90 Å². The molecule has 0 aromatic carbocycles. The summed E-state index contributed by atoms with van der Waals surface area (Å²) in [4.78, 5) is 16.2. The van der Waals surface area contributed by atoms with Gasteiger partial charge in [0.2, 0.25) is 0 Å². The van der Waals surface area contributed by atoms with Gasteiger partial charge in [-0.05, 0) is 11.4 Å². The maximum absolute atomic E-state index is 10.7. The summed E-state index contributed by atoms with van der Waals surface area (Å²) < 4.78 is 0. The Bertz CT molecular complexity index is 419. The van der Waals surface area contributed by atoms with Crippen molar-refractivity contribution in [2.75, 3.05) is 0 Å². The zero-order valence-electron chi connectivity index (χ0n) is 6.43. The molecule has 2 aromatic rings. The van der Waals surface area contributed by atoms with E-state index < -0.39 is 5.97 Å². The number of aromatic carboxylic acids is 1. The number of hydrogen-bond donors (Lipinski definition) is 1. The lowest BCUT2D eigenvalue weighted by atomic mass is 10.3. The van der Waals surface area contributed by atoms with Gasteiger partial charge >= 0.3 is 5.97 Å². The van der Waals surface area contributed by atoms with Crippen LogP contribution in [0, 0.1) is 0 Å². The highest BCUT2D eigenvalue weighted by atomic mass is 32.1. The average Bonchev–Trinajstić information content (AvgIpc) is 2.74. The summed E-state index contributed by atoms with van der Waals surface area (Å²) in [5, 5.41) is 10.7. The largest absolute Gasteiger partial charge is 0.476 e. The van der Waals surface area contributed by atoms with Gasteiger partial charge < -0.3 is 5.11 Å². The van der Waals surface area contributed by atoms with Crippen LogP contribution in [0.1, 0.15) is 10.5 Å². The van der Waals surface area contributed by atoms with Crippen LogP contribution >= 0.6 is 22.7 Å². The highest BCUT2D eigenvalue weighted by Gasteiger charge is 2.15. The first-order valence-corrected chi connectivity index (χ1v) is 5.25. The second-order valence-electron chi connectivity index (χ2n) is 2.31. The monoisotopic (exact) mass is 211 g/mol. The molecule has 5 heteroatoms. The molecular formula is C8H5NO2S2. The average molecular weight is 211 g/mol. The van der Waals surface area contributed by atoms with Crippen LogP contribution in [-0.4, -0.2) is 16.1 Å². The smallest absolute Gasteiger partial charge is 0.356 e. The molecule has 0 atom stereocenters. The summed E-state index contributed by atoms with van der Waals surface area (Å²) in [6.07, 6.45) is 0. The first kappa shape index (κ1) is 8.40. The van der Waals surface area contributed by atoms with Gasteiger partial charge in [-0.15, -0.1) is 22.7 Å². The Kier molecular flexibility index (Phi) is 2.12. The number of thiazole rings is 1. The summed E-state index contributed by atoms with van der Waals surface area (Å²) in [6, 6.07) is 3.79. The molecule has 13 heavy (non-hydrogen) atoms. The topological polar surface area (TPSA) is 50.2 Å². The van der Waals surface area contributed by atoms with Gasteiger partial charge in [0.25, 0.3) is 0 Å². The maximum atomic E-state index is 10.7. The third-order valence-corrected chi connectivity index (χ3v) is 3.39. The van der Waals surface area contributed by atoms with Gasteiger partial charge in [0, 0.05) is 4.88 Å². The number of thiophene rings is 1. The molecule has 0 radical (unpaired) electrons. The molecule has 0 aliphatic carbocycles. The van der Waals surface area contributed by atoms with Gasteiger partial charge in [0.15, 0.2) is 5.69 Å². The van der Waals surface area contributed by atoms with Crippen LogP contribution in [0.4, 0.5) is 0 Å². The summed E-state index contributed by atoms with van der Waals surface area (Å²) in [5.41, 5.74) is 1.70. The Morgan fingerprint density at radius 3 is 2.92 bits per heavy atom. The number of nitrogens with zero attached hydrogens (tertiary/aromatic N) is 1. The molecule has 2 aromatic heterocycles. The van der Waals surface area contributed by atoms with Gasteiger partial charge in [0.05, 0.1) is 10.4 Å². The standard InChI is InChI=1S/C8H5NO2S2/c10-8(11)6-7(13-4-9-6)5-2-1-3-12-5/h1-4H,(H,10,11). The highest BCUT2D eigenvalue weighted by molar-refractivity contribution is 7.20. The van der Waals surface area contributed by atoms with Gasteiger partial charge in [-0.1, -0.05) is 6.07 Å². The van der Waals surface area contributed by atoms with Gasteiger partial charge in [-0.3, -0.25) is 0 Å². The van der Waals surface area contributed by atoms with Crippen molar-refractivity contribution in [2.24, 2.45) is 0 Å². The Hall–Kier alpha value is -1.20. The van der Waals surface area contributed by atoms with Crippen LogP contribution in [0.15, 0.2) is 23.0 Å². The molecule has 3 nitrogen and oxygen atoms in total. The number of aromatic nitrogens is 1. The molecular weight excluding hydrogens is 206 g/mol. The van der Waals surface area contributed by atoms with Crippen molar-refractivity contribution in [3.8, 4) is 9.75 Å². The van der Waals surface area contributed by atoms with Crippen molar-refractivity contribution in [3.05, 3.63) is 28.7 Å². The fraction of sp³-hybridized carbons (Fsp3) is 0. The normalized spacial score (nSPS) is 10.2. The number of hydrogen-bond acceptors (Lipinski definition) is 4. The molecule has 0 saturated heterocycles. The van der Waals surface area contributed by atoms with Crippen molar-refractivity contribution in [2.45, 2.75) is 0 Å². The van der Waals surface area contributed by atoms with Crippen LogP contribution in [0.25, 0.3) is 9.75 Å². The number of rotatable bonds is 2. The number of carbonyl (C=O) groups is 1. The Balaban J connectivity index is 2.52. The molecule has 0 spiro atoms. The summed E-state index contributed by atoms with van der Waals surface area (Å²) >= 11 is 2.87. The zero-order valence-corrected chi connectivity index (χ0v) is 8.06. The van der Waals surface area contributed by atoms with Crippen LogP contribution in [0.3, 0.4) is 0 Å². The summed E-state index contributed by atoms with van der Waals surface area (Å²) in [6.45, 7) is 0. The van der Waals surface area contributed by atoms with E-state index >= 15 is 0 Å². The lowest BCUT2D eigenvalue weighted by molar-refractivity contribution is 0.0692. The molecule has 0 aliphatic heterocycles. The van der Waals surface area contributed by atoms with Crippen molar-refractivity contribution in [1.29, 1.82) is 0 Å². The quantitative estimate of drug-likeness (QED) is 0.830. The third-order valence-electron chi connectivity index (χ3n) is 1.51. The first-order chi connectivity index (χ1) is 6.29. The molecule has 66 valence electrons. The minimum atomic E-state index is -0.968. The molecule has 2 rings (SSSR count). The van der Waals surface area contributed by atoms with E-state index in [-0.39, 0.29) is 5.69 Å². The van der Waals surface area contributed by atoms with Crippen molar-refractivity contribution in [3.63, 3.8) is 0 Å². The van der Waals surface area contributed by atoms with E-state index in [2.05, 4.69) is 4.98 Å². The van der Waals surface area contributed by atoms with E-state index in [4.69, 9.17) is 5.11 Å². The Labute approximate surface area is 82.3 Å². The van der Waals surface area contributed by atoms with Gasteiger partial charge in [-0.25, -0.2) is 9.78 Å². The van der Waals surface area contributed by atoms with E-state index in [1.54, 1.807) is 5.51 Å².